The molecule has 2 aromatic rings. The normalized spacial score (nSPS) is 16.5. The number of amides is 2. The number of halogens is 1. The first-order chi connectivity index (χ1) is 10.5. The second-order valence-corrected chi connectivity index (χ2v) is 6.25. The topological polar surface area (TPSA) is 62.6 Å². The molecule has 0 unspecified atom stereocenters. The van der Waals surface area contributed by atoms with Gasteiger partial charge in [0.15, 0.2) is 0 Å². The molecule has 2 heterocycles. The van der Waals surface area contributed by atoms with Crippen LogP contribution in [0.15, 0.2) is 40.3 Å². The zero-order chi connectivity index (χ0) is 15.9. The van der Waals surface area contributed by atoms with Gasteiger partial charge in [0, 0.05) is 3.57 Å². The molecule has 0 bridgehead atoms. The molecule has 5 nitrogen and oxygen atoms in total. The predicted molar refractivity (Wildman–Crippen MR) is 90.9 cm³/mol. The molecular weight excluding hydrogens is 395 g/mol. The molecule has 112 valence electrons. The third-order valence-electron chi connectivity index (χ3n) is 3.45. The number of aryl methyl sites for hydroxylation is 2. The van der Waals surface area contributed by atoms with Gasteiger partial charge in [0.25, 0.3) is 11.8 Å². The van der Waals surface area contributed by atoms with E-state index in [4.69, 9.17) is 4.42 Å². The van der Waals surface area contributed by atoms with E-state index in [0.29, 0.717) is 11.4 Å². The predicted octanol–water partition coefficient (Wildman–Crippen LogP) is 2.96. The molecule has 0 aliphatic carbocycles. The Morgan fingerprint density at radius 1 is 1.18 bits per heavy atom. The van der Waals surface area contributed by atoms with E-state index in [1.165, 1.54) is 11.1 Å². The van der Waals surface area contributed by atoms with Crippen molar-refractivity contribution < 1.29 is 14.0 Å². The van der Waals surface area contributed by atoms with Crippen molar-refractivity contribution >= 4 is 46.2 Å². The first-order valence-electron chi connectivity index (χ1n) is 6.65. The summed E-state index contributed by atoms with van der Waals surface area (Å²) in [6, 6.07) is 9.11. The molecule has 1 saturated heterocycles. The third-order valence-corrected chi connectivity index (χ3v) is 4.17. The Hall–Kier alpha value is -2.09. The van der Waals surface area contributed by atoms with Crippen molar-refractivity contribution in [2.45, 2.75) is 13.8 Å². The van der Waals surface area contributed by atoms with Crippen molar-refractivity contribution in [2.24, 2.45) is 0 Å². The van der Waals surface area contributed by atoms with Crippen molar-refractivity contribution in [1.82, 2.24) is 5.43 Å². The molecule has 3 rings (SSSR count). The minimum atomic E-state index is -0.435. The number of nitrogens with zero attached hydrogens (tertiary/aromatic N) is 1. The Morgan fingerprint density at radius 2 is 1.86 bits per heavy atom. The van der Waals surface area contributed by atoms with Crippen LogP contribution in [0.4, 0.5) is 5.69 Å². The van der Waals surface area contributed by atoms with Crippen molar-refractivity contribution in [3.63, 3.8) is 0 Å². The van der Waals surface area contributed by atoms with E-state index in [1.54, 1.807) is 18.2 Å². The molecule has 1 aliphatic rings. The summed E-state index contributed by atoms with van der Waals surface area (Å²) in [6.07, 6.45) is 1.48. The van der Waals surface area contributed by atoms with Gasteiger partial charge in [-0.25, -0.2) is 5.01 Å². The van der Waals surface area contributed by atoms with Gasteiger partial charge in [-0.15, -0.1) is 0 Å². The third kappa shape index (κ3) is 2.66. The van der Waals surface area contributed by atoms with E-state index in [0.717, 1.165) is 14.9 Å². The highest BCUT2D eigenvalue weighted by Crippen LogP contribution is 2.23. The fourth-order valence-electron chi connectivity index (χ4n) is 2.14. The summed E-state index contributed by atoms with van der Waals surface area (Å²) in [5, 5.41) is 1.24. The summed E-state index contributed by atoms with van der Waals surface area (Å²) in [5.41, 5.74) is 4.22. The van der Waals surface area contributed by atoms with Crippen LogP contribution in [-0.2, 0) is 9.59 Å². The van der Waals surface area contributed by atoms with Crippen LogP contribution in [0.3, 0.4) is 0 Å². The maximum absolute atomic E-state index is 12.4. The minimum Gasteiger partial charge on any atom is -0.462 e. The van der Waals surface area contributed by atoms with Gasteiger partial charge in [0.1, 0.15) is 17.1 Å². The van der Waals surface area contributed by atoms with E-state index in [-0.39, 0.29) is 5.57 Å². The van der Waals surface area contributed by atoms with E-state index < -0.39 is 11.8 Å². The van der Waals surface area contributed by atoms with Crippen LogP contribution in [0.1, 0.15) is 17.1 Å². The first-order valence-corrected chi connectivity index (χ1v) is 7.73. The van der Waals surface area contributed by atoms with Crippen molar-refractivity contribution in [2.75, 3.05) is 5.01 Å². The van der Waals surface area contributed by atoms with Gasteiger partial charge < -0.3 is 4.42 Å². The average molecular weight is 408 g/mol. The zero-order valence-electron chi connectivity index (χ0n) is 12.0. The number of benzene rings is 1. The number of nitrogens with one attached hydrogen (secondary N) is 1. The number of hydrazine groups is 1. The first kappa shape index (κ1) is 14.8. The number of hydrogen-bond acceptors (Lipinski definition) is 3. The van der Waals surface area contributed by atoms with Gasteiger partial charge in [0.2, 0.25) is 0 Å². The quantitative estimate of drug-likeness (QED) is 0.472. The molecule has 1 aromatic carbocycles. The highest BCUT2D eigenvalue weighted by Gasteiger charge is 2.34. The Labute approximate surface area is 141 Å². The molecule has 1 N–H and O–H groups in total. The second-order valence-electron chi connectivity index (χ2n) is 5.00. The Bertz CT molecular complexity index is 771. The molecule has 0 radical (unpaired) electrons. The van der Waals surface area contributed by atoms with E-state index in [9.17, 15) is 9.59 Å². The van der Waals surface area contributed by atoms with Crippen LogP contribution >= 0.6 is 22.6 Å². The van der Waals surface area contributed by atoms with E-state index >= 15 is 0 Å². The van der Waals surface area contributed by atoms with Crippen molar-refractivity contribution in [3.8, 4) is 0 Å². The van der Waals surface area contributed by atoms with Gasteiger partial charge in [-0.2, -0.15) is 0 Å². The summed E-state index contributed by atoms with van der Waals surface area (Å²) in [7, 11) is 0. The zero-order valence-corrected chi connectivity index (χ0v) is 14.2. The smallest absolute Gasteiger partial charge is 0.282 e. The summed E-state index contributed by atoms with van der Waals surface area (Å²) >= 11 is 2.18. The van der Waals surface area contributed by atoms with Crippen LogP contribution in [0.25, 0.3) is 6.08 Å². The number of carbonyl (C=O) groups is 2. The Morgan fingerprint density at radius 3 is 2.45 bits per heavy atom. The standard InChI is InChI=1S/C16H13IN2O3/c1-9-7-13(22-10(9)2)8-14-15(20)18-19(16(14)21)12-5-3-11(17)4-6-12/h3-8H,1-2H3,(H,18,20)/b14-8-. The molecule has 0 saturated carbocycles. The number of anilines is 1. The van der Waals surface area contributed by atoms with Crippen LogP contribution in [0, 0.1) is 17.4 Å². The van der Waals surface area contributed by atoms with Gasteiger partial charge in [-0.3, -0.25) is 15.0 Å². The molecule has 2 amide bonds. The highest BCUT2D eigenvalue weighted by atomic mass is 127. The fraction of sp³-hybridized carbons (Fsp3) is 0.125. The average Bonchev–Trinajstić information content (AvgIpc) is 2.94. The lowest BCUT2D eigenvalue weighted by atomic mass is 10.2. The molecular formula is C16H13IN2O3. The number of furan rings is 1. The molecule has 22 heavy (non-hydrogen) atoms. The van der Waals surface area contributed by atoms with Gasteiger partial charge >= 0.3 is 0 Å². The molecule has 0 atom stereocenters. The van der Waals surface area contributed by atoms with Crippen LogP contribution < -0.4 is 10.4 Å². The lowest BCUT2D eigenvalue weighted by molar-refractivity contribution is -0.117. The summed E-state index contributed by atoms with van der Waals surface area (Å²) in [6.45, 7) is 3.75. The van der Waals surface area contributed by atoms with Crippen LogP contribution in [-0.4, -0.2) is 11.8 Å². The summed E-state index contributed by atoms with van der Waals surface area (Å²) < 4.78 is 6.55. The summed E-state index contributed by atoms with van der Waals surface area (Å²) in [4.78, 5) is 24.5. The van der Waals surface area contributed by atoms with E-state index in [1.807, 2.05) is 26.0 Å². The van der Waals surface area contributed by atoms with Crippen LogP contribution in [0.2, 0.25) is 0 Å². The number of rotatable bonds is 2. The Balaban J connectivity index is 1.93. The van der Waals surface area contributed by atoms with Gasteiger partial charge in [-0.05, 0) is 78.4 Å². The van der Waals surface area contributed by atoms with Crippen molar-refractivity contribution in [1.29, 1.82) is 0 Å². The van der Waals surface area contributed by atoms with Crippen molar-refractivity contribution in [3.05, 3.63) is 56.6 Å². The number of hydrogen-bond donors (Lipinski definition) is 1. The monoisotopic (exact) mass is 408 g/mol. The SMILES string of the molecule is Cc1cc(/C=C2/C(=O)NN(c3ccc(I)cc3)C2=O)oc1C. The molecule has 6 heteroatoms. The molecule has 1 aromatic heterocycles. The Kier molecular flexibility index (Phi) is 3.78. The molecule has 1 fully saturated rings. The van der Waals surface area contributed by atoms with E-state index in [2.05, 4.69) is 28.0 Å². The largest absolute Gasteiger partial charge is 0.462 e. The number of carbonyl (C=O) groups excluding carboxylic acids is 2. The minimum absolute atomic E-state index is 0.0623. The lowest BCUT2D eigenvalue weighted by Crippen LogP contribution is -2.35. The van der Waals surface area contributed by atoms with Gasteiger partial charge in [-0.1, -0.05) is 0 Å². The molecule has 1 aliphatic heterocycles. The summed E-state index contributed by atoms with van der Waals surface area (Å²) in [5.74, 6) is 0.443. The maximum atomic E-state index is 12.4. The second kappa shape index (κ2) is 5.60. The fourth-order valence-corrected chi connectivity index (χ4v) is 2.50. The highest BCUT2D eigenvalue weighted by molar-refractivity contribution is 14.1. The maximum Gasteiger partial charge on any atom is 0.282 e. The van der Waals surface area contributed by atoms with Gasteiger partial charge in [0.05, 0.1) is 5.69 Å². The molecule has 0 spiro atoms. The van der Waals surface area contributed by atoms with Crippen LogP contribution in [0.5, 0.6) is 0 Å². The lowest BCUT2D eigenvalue weighted by Gasteiger charge is -2.14.